The number of benzene rings is 1. The van der Waals surface area contributed by atoms with Gasteiger partial charge >= 0.3 is 0 Å². The van der Waals surface area contributed by atoms with E-state index in [4.69, 9.17) is 10.3 Å². The van der Waals surface area contributed by atoms with Gasteiger partial charge in [0.05, 0.1) is 15.7 Å². The van der Waals surface area contributed by atoms with Gasteiger partial charge < -0.3 is 10.3 Å². The van der Waals surface area contributed by atoms with E-state index >= 15 is 0 Å². The summed E-state index contributed by atoms with van der Waals surface area (Å²) in [7, 11) is 0. The lowest BCUT2D eigenvalue weighted by atomic mass is 9.77. The molecule has 1 fully saturated rings. The second kappa shape index (κ2) is 6.86. The summed E-state index contributed by atoms with van der Waals surface area (Å²) in [5.74, 6) is 1.10. The zero-order valence-electron chi connectivity index (χ0n) is 12.5. The molecule has 124 valence electrons. The number of nitrogens with zero attached hydrogens (tertiary/aromatic N) is 3. The first kappa shape index (κ1) is 17.7. The van der Waals surface area contributed by atoms with Crippen molar-refractivity contribution in [2.45, 2.75) is 41.9 Å². The van der Waals surface area contributed by atoms with Crippen LogP contribution in [-0.2, 0) is 5.54 Å². The molecule has 1 aliphatic carbocycles. The van der Waals surface area contributed by atoms with Crippen LogP contribution in [0.5, 0.6) is 0 Å². The van der Waals surface area contributed by atoms with Crippen LogP contribution in [-0.4, -0.2) is 15.1 Å². The monoisotopic (exact) mass is 356 g/mol. The number of hydrogen-bond acceptors (Lipinski definition) is 7. The Balaban J connectivity index is 0.00000192. The predicted molar refractivity (Wildman–Crippen MR) is 88.6 cm³/mol. The zero-order chi connectivity index (χ0) is 15.7. The number of nitro benzene ring substituents is 1. The molecule has 0 amide bonds. The van der Waals surface area contributed by atoms with Crippen LogP contribution in [0.2, 0.25) is 0 Å². The highest BCUT2D eigenvalue weighted by Crippen LogP contribution is 2.39. The SMILES string of the molecule is CC(Sc1ccc([N+](=O)[O-])cc1)c1nc(C2(N)CCC2)no1.Cl. The Kier molecular flexibility index (Phi) is 5.28. The van der Waals surface area contributed by atoms with Crippen molar-refractivity contribution < 1.29 is 9.45 Å². The van der Waals surface area contributed by atoms with E-state index in [1.165, 1.54) is 23.9 Å². The number of non-ortho nitro benzene ring substituents is 1. The van der Waals surface area contributed by atoms with Crippen molar-refractivity contribution in [3.63, 3.8) is 0 Å². The van der Waals surface area contributed by atoms with E-state index in [9.17, 15) is 10.1 Å². The summed E-state index contributed by atoms with van der Waals surface area (Å²) in [5.41, 5.74) is 5.82. The summed E-state index contributed by atoms with van der Waals surface area (Å²) in [6, 6.07) is 6.40. The van der Waals surface area contributed by atoms with E-state index in [-0.39, 0.29) is 23.3 Å². The van der Waals surface area contributed by atoms with Crippen LogP contribution in [0.1, 0.15) is 43.2 Å². The highest BCUT2D eigenvalue weighted by molar-refractivity contribution is 7.99. The molecule has 1 heterocycles. The van der Waals surface area contributed by atoms with Crippen molar-refractivity contribution in [1.82, 2.24) is 10.1 Å². The number of halogens is 1. The van der Waals surface area contributed by atoms with Crippen molar-refractivity contribution in [3.8, 4) is 0 Å². The molecular weight excluding hydrogens is 340 g/mol. The van der Waals surface area contributed by atoms with Gasteiger partial charge in [-0.2, -0.15) is 4.98 Å². The molecule has 3 rings (SSSR count). The first-order valence-electron chi connectivity index (χ1n) is 7.02. The summed E-state index contributed by atoms with van der Waals surface area (Å²) in [5, 5.41) is 14.6. The lowest BCUT2D eigenvalue weighted by molar-refractivity contribution is -0.384. The molecule has 7 nitrogen and oxygen atoms in total. The van der Waals surface area contributed by atoms with Crippen LogP contribution in [0.15, 0.2) is 33.7 Å². The fraction of sp³-hybridized carbons (Fsp3) is 0.429. The highest BCUT2D eigenvalue weighted by atomic mass is 35.5. The normalized spacial score (nSPS) is 17.0. The Morgan fingerprint density at radius 3 is 2.57 bits per heavy atom. The van der Waals surface area contributed by atoms with Gasteiger partial charge in [0, 0.05) is 17.0 Å². The summed E-state index contributed by atoms with van der Waals surface area (Å²) < 4.78 is 5.31. The molecule has 0 aliphatic heterocycles. The third kappa shape index (κ3) is 3.65. The molecule has 1 unspecified atom stereocenters. The molecule has 1 saturated carbocycles. The molecule has 23 heavy (non-hydrogen) atoms. The highest BCUT2D eigenvalue weighted by Gasteiger charge is 2.39. The quantitative estimate of drug-likeness (QED) is 0.495. The van der Waals surface area contributed by atoms with Gasteiger partial charge in [0.25, 0.3) is 5.69 Å². The van der Waals surface area contributed by atoms with E-state index in [2.05, 4.69) is 10.1 Å². The Bertz CT molecular complexity index is 688. The predicted octanol–water partition coefficient (Wildman–Crippen LogP) is 3.59. The van der Waals surface area contributed by atoms with Crippen LogP contribution in [0.25, 0.3) is 0 Å². The number of nitro groups is 1. The van der Waals surface area contributed by atoms with Crippen molar-refractivity contribution in [3.05, 3.63) is 46.1 Å². The number of nitrogens with two attached hydrogens (primary N) is 1. The third-order valence-electron chi connectivity index (χ3n) is 3.84. The van der Waals surface area contributed by atoms with E-state index in [1.807, 2.05) is 6.92 Å². The first-order valence-corrected chi connectivity index (χ1v) is 7.90. The standard InChI is InChI=1S/C14H16N4O3S.ClH/c1-9(22-11-5-3-10(4-6-11)18(19)20)12-16-13(17-21-12)14(15)7-2-8-14;/h3-6,9H,2,7-8,15H2,1H3;1H. The third-order valence-corrected chi connectivity index (χ3v) is 4.94. The van der Waals surface area contributed by atoms with E-state index < -0.39 is 10.5 Å². The van der Waals surface area contributed by atoms with Crippen LogP contribution in [0.4, 0.5) is 5.69 Å². The smallest absolute Gasteiger partial charge is 0.269 e. The molecule has 9 heteroatoms. The summed E-state index contributed by atoms with van der Waals surface area (Å²) in [6.45, 7) is 1.95. The average Bonchev–Trinajstić information content (AvgIpc) is 2.95. The van der Waals surface area contributed by atoms with Gasteiger partial charge in [0.1, 0.15) is 0 Å². The number of aromatic nitrogens is 2. The molecule has 1 aromatic heterocycles. The number of rotatable bonds is 5. The molecule has 0 saturated heterocycles. The molecule has 0 spiro atoms. The van der Waals surface area contributed by atoms with Gasteiger partial charge in [-0.1, -0.05) is 5.16 Å². The minimum Gasteiger partial charge on any atom is -0.338 e. The van der Waals surface area contributed by atoms with Crippen LogP contribution < -0.4 is 5.73 Å². The molecule has 0 bridgehead atoms. The molecular formula is C14H17ClN4O3S. The van der Waals surface area contributed by atoms with Gasteiger partial charge in [-0.25, -0.2) is 0 Å². The van der Waals surface area contributed by atoms with Gasteiger partial charge in [0.15, 0.2) is 5.82 Å². The maximum absolute atomic E-state index is 10.6. The van der Waals surface area contributed by atoms with Crippen LogP contribution in [0.3, 0.4) is 0 Å². The molecule has 1 aliphatic rings. The lowest BCUT2D eigenvalue weighted by Gasteiger charge is -2.34. The van der Waals surface area contributed by atoms with Crippen molar-refractivity contribution in [2.75, 3.05) is 0 Å². The Hall–Kier alpha value is -1.64. The topological polar surface area (TPSA) is 108 Å². The Morgan fingerprint density at radius 2 is 2.04 bits per heavy atom. The number of hydrogen-bond donors (Lipinski definition) is 1. The summed E-state index contributed by atoms with van der Waals surface area (Å²) >= 11 is 1.51. The minimum atomic E-state index is -0.431. The second-order valence-electron chi connectivity index (χ2n) is 5.48. The van der Waals surface area contributed by atoms with E-state index in [0.717, 1.165) is 24.2 Å². The van der Waals surface area contributed by atoms with Crippen molar-refractivity contribution >= 4 is 29.9 Å². The van der Waals surface area contributed by atoms with Gasteiger partial charge in [0.2, 0.25) is 5.89 Å². The van der Waals surface area contributed by atoms with Crippen LogP contribution in [0, 0.1) is 10.1 Å². The molecule has 1 aromatic carbocycles. The summed E-state index contributed by atoms with van der Waals surface area (Å²) in [4.78, 5) is 15.5. The maximum Gasteiger partial charge on any atom is 0.269 e. The lowest BCUT2D eigenvalue weighted by Crippen LogP contribution is -2.44. The average molecular weight is 357 g/mol. The van der Waals surface area contributed by atoms with Gasteiger partial charge in [-0.15, -0.1) is 24.2 Å². The Labute approximate surface area is 143 Å². The second-order valence-corrected chi connectivity index (χ2v) is 6.89. The number of thioether (sulfide) groups is 1. The van der Waals surface area contributed by atoms with Crippen LogP contribution >= 0.6 is 24.2 Å². The molecule has 0 radical (unpaired) electrons. The zero-order valence-corrected chi connectivity index (χ0v) is 14.1. The van der Waals surface area contributed by atoms with Gasteiger partial charge in [-0.05, 0) is 38.3 Å². The Morgan fingerprint density at radius 1 is 1.39 bits per heavy atom. The van der Waals surface area contributed by atoms with Gasteiger partial charge in [-0.3, -0.25) is 10.1 Å². The minimum absolute atomic E-state index is 0. The summed E-state index contributed by atoms with van der Waals surface area (Å²) in [6.07, 6.45) is 2.86. The maximum atomic E-state index is 10.6. The van der Waals surface area contributed by atoms with E-state index in [1.54, 1.807) is 12.1 Å². The van der Waals surface area contributed by atoms with Crippen molar-refractivity contribution in [2.24, 2.45) is 5.73 Å². The van der Waals surface area contributed by atoms with Crippen molar-refractivity contribution in [1.29, 1.82) is 0 Å². The first-order chi connectivity index (χ1) is 10.5. The van der Waals surface area contributed by atoms with E-state index in [0.29, 0.717) is 11.7 Å². The largest absolute Gasteiger partial charge is 0.338 e. The molecule has 2 N–H and O–H groups in total. The fourth-order valence-electron chi connectivity index (χ4n) is 2.28. The fourth-order valence-corrected chi connectivity index (χ4v) is 3.18. The molecule has 2 aromatic rings. The molecule has 1 atom stereocenters.